The molecule has 4 nitrogen and oxygen atoms in total. The van der Waals surface area contributed by atoms with Crippen LogP contribution in [-0.2, 0) is 10.0 Å². The summed E-state index contributed by atoms with van der Waals surface area (Å²) in [5.41, 5.74) is 7.75. The average Bonchev–Trinajstić information content (AvgIpc) is 2.78. The molecule has 5 heteroatoms. The van der Waals surface area contributed by atoms with Crippen molar-refractivity contribution in [3.8, 4) is 0 Å². The highest BCUT2D eigenvalue weighted by Gasteiger charge is 2.28. The molecule has 0 spiro atoms. The molecule has 2 rings (SSSR count). The molecule has 1 aliphatic carbocycles. The van der Waals surface area contributed by atoms with E-state index in [2.05, 4.69) is 4.72 Å². The summed E-state index contributed by atoms with van der Waals surface area (Å²) in [5.74, 6) is 0. The Kier molecular flexibility index (Phi) is 3.28. The van der Waals surface area contributed by atoms with Gasteiger partial charge in [0, 0.05) is 5.69 Å². The van der Waals surface area contributed by atoms with Crippen LogP contribution in [0.4, 0.5) is 11.4 Å². The minimum atomic E-state index is -3.26. The molecule has 0 radical (unpaired) electrons. The van der Waals surface area contributed by atoms with E-state index in [0.717, 1.165) is 31.2 Å². The fraction of sp³-hybridized carbons (Fsp3) is 0.500. The van der Waals surface area contributed by atoms with Gasteiger partial charge in [0.1, 0.15) is 0 Å². The van der Waals surface area contributed by atoms with E-state index in [9.17, 15) is 8.42 Å². The van der Waals surface area contributed by atoms with Crippen LogP contribution in [0.3, 0.4) is 0 Å². The van der Waals surface area contributed by atoms with Crippen LogP contribution >= 0.6 is 0 Å². The molecule has 1 fully saturated rings. The summed E-state index contributed by atoms with van der Waals surface area (Å²) in [7, 11) is -3.26. The summed E-state index contributed by atoms with van der Waals surface area (Å²) in [6, 6.07) is 5.27. The Hall–Kier alpha value is -1.23. The third-order valence-electron chi connectivity index (χ3n) is 3.37. The third-order valence-corrected chi connectivity index (χ3v) is 5.22. The summed E-state index contributed by atoms with van der Waals surface area (Å²) in [6.07, 6.45) is 3.52. The predicted octanol–water partition coefficient (Wildman–Crippen LogP) is 2.26. The van der Waals surface area contributed by atoms with Crippen molar-refractivity contribution in [3.05, 3.63) is 23.8 Å². The molecule has 0 aromatic heterocycles. The van der Waals surface area contributed by atoms with E-state index in [4.69, 9.17) is 5.73 Å². The van der Waals surface area contributed by atoms with Crippen LogP contribution in [0.1, 0.15) is 31.2 Å². The van der Waals surface area contributed by atoms with Crippen LogP contribution in [0.5, 0.6) is 0 Å². The first kappa shape index (κ1) is 12.2. The van der Waals surface area contributed by atoms with Crippen molar-refractivity contribution >= 4 is 21.4 Å². The maximum absolute atomic E-state index is 12.1. The number of hydrogen-bond acceptors (Lipinski definition) is 3. The van der Waals surface area contributed by atoms with Gasteiger partial charge in [-0.25, -0.2) is 8.42 Å². The highest BCUT2D eigenvalue weighted by molar-refractivity contribution is 7.93. The zero-order valence-corrected chi connectivity index (χ0v) is 10.8. The topological polar surface area (TPSA) is 72.2 Å². The first-order valence-corrected chi connectivity index (χ1v) is 7.42. The molecule has 0 atom stereocenters. The number of nitrogens with two attached hydrogens (primary N) is 1. The van der Waals surface area contributed by atoms with Crippen molar-refractivity contribution in [1.29, 1.82) is 0 Å². The van der Waals surface area contributed by atoms with Crippen LogP contribution in [0.2, 0.25) is 0 Å². The highest BCUT2D eigenvalue weighted by atomic mass is 32.2. The standard InChI is InChI=1S/C12H18N2O2S/c1-9-11(13)7-4-8-12(9)14-17(15,16)10-5-2-3-6-10/h4,7-8,10,14H,2-3,5-6,13H2,1H3. The summed E-state index contributed by atoms with van der Waals surface area (Å²) in [6.45, 7) is 1.82. The molecule has 0 heterocycles. The molecular formula is C12H18N2O2S. The van der Waals surface area contributed by atoms with Crippen LogP contribution in [-0.4, -0.2) is 13.7 Å². The Labute approximate surface area is 102 Å². The van der Waals surface area contributed by atoms with E-state index in [1.54, 1.807) is 18.2 Å². The molecule has 0 aliphatic heterocycles. The normalized spacial score (nSPS) is 17.2. The zero-order valence-electron chi connectivity index (χ0n) is 9.94. The van der Waals surface area contributed by atoms with Gasteiger partial charge < -0.3 is 5.73 Å². The van der Waals surface area contributed by atoms with Gasteiger partial charge in [-0.05, 0) is 37.5 Å². The lowest BCUT2D eigenvalue weighted by Gasteiger charge is -2.15. The largest absolute Gasteiger partial charge is 0.398 e. The van der Waals surface area contributed by atoms with E-state index < -0.39 is 10.0 Å². The Bertz CT molecular complexity index is 505. The Morgan fingerprint density at radius 2 is 1.94 bits per heavy atom. The number of nitrogen functional groups attached to an aromatic ring is 1. The summed E-state index contributed by atoms with van der Waals surface area (Å²) < 4.78 is 26.9. The van der Waals surface area contributed by atoms with E-state index in [1.165, 1.54) is 0 Å². The molecule has 1 aromatic carbocycles. The molecule has 0 saturated heterocycles. The SMILES string of the molecule is Cc1c(N)cccc1NS(=O)(=O)C1CCCC1. The van der Waals surface area contributed by atoms with Gasteiger partial charge in [-0.1, -0.05) is 18.9 Å². The third kappa shape index (κ3) is 2.54. The Morgan fingerprint density at radius 3 is 2.59 bits per heavy atom. The minimum absolute atomic E-state index is 0.247. The lowest BCUT2D eigenvalue weighted by molar-refractivity contribution is 0.585. The number of anilines is 2. The molecule has 94 valence electrons. The van der Waals surface area contributed by atoms with Crippen LogP contribution in [0, 0.1) is 6.92 Å². The van der Waals surface area contributed by atoms with Gasteiger partial charge in [-0.3, -0.25) is 4.72 Å². The Morgan fingerprint density at radius 1 is 1.29 bits per heavy atom. The van der Waals surface area contributed by atoms with Crippen LogP contribution in [0.25, 0.3) is 0 Å². The zero-order chi connectivity index (χ0) is 12.5. The van der Waals surface area contributed by atoms with Crippen molar-refractivity contribution in [1.82, 2.24) is 0 Å². The molecule has 1 aliphatic rings. The smallest absolute Gasteiger partial charge is 0.235 e. The number of benzene rings is 1. The summed E-state index contributed by atoms with van der Waals surface area (Å²) >= 11 is 0. The minimum Gasteiger partial charge on any atom is -0.398 e. The molecular weight excluding hydrogens is 236 g/mol. The van der Waals surface area contributed by atoms with Gasteiger partial charge in [0.15, 0.2) is 0 Å². The summed E-state index contributed by atoms with van der Waals surface area (Å²) in [5, 5.41) is -0.247. The first-order valence-electron chi connectivity index (χ1n) is 5.87. The van der Waals surface area contributed by atoms with Crippen molar-refractivity contribution in [3.63, 3.8) is 0 Å². The highest BCUT2D eigenvalue weighted by Crippen LogP contribution is 2.28. The van der Waals surface area contributed by atoms with Crippen molar-refractivity contribution in [2.24, 2.45) is 0 Å². The van der Waals surface area contributed by atoms with Gasteiger partial charge in [-0.2, -0.15) is 0 Å². The van der Waals surface area contributed by atoms with Gasteiger partial charge in [-0.15, -0.1) is 0 Å². The number of rotatable bonds is 3. The van der Waals surface area contributed by atoms with Gasteiger partial charge in [0.05, 0.1) is 10.9 Å². The van der Waals surface area contributed by atoms with E-state index in [1.807, 2.05) is 6.92 Å². The number of sulfonamides is 1. The van der Waals surface area contributed by atoms with Crippen molar-refractivity contribution in [2.45, 2.75) is 37.9 Å². The average molecular weight is 254 g/mol. The molecule has 0 unspecified atom stereocenters. The first-order chi connectivity index (χ1) is 8.00. The quantitative estimate of drug-likeness (QED) is 0.813. The number of hydrogen-bond donors (Lipinski definition) is 2. The molecule has 17 heavy (non-hydrogen) atoms. The lowest BCUT2D eigenvalue weighted by Crippen LogP contribution is -2.25. The molecule has 0 amide bonds. The molecule has 3 N–H and O–H groups in total. The van der Waals surface area contributed by atoms with E-state index in [-0.39, 0.29) is 5.25 Å². The lowest BCUT2D eigenvalue weighted by atomic mass is 10.2. The van der Waals surface area contributed by atoms with Crippen molar-refractivity contribution < 1.29 is 8.42 Å². The van der Waals surface area contributed by atoms with Crippen LogP contribution in [0.15, 0.2) is 18.2 Å². The second-order valence-corrected chi connectivity index (χ2v) is 6.53. The van der Waals surface area contributed by atoms with Crippen molar-refractivity contribution in [2.75, 3.05) is 10.5 Å². The summed E-state index contributed by atoms with van der Waals surface area (Å²) in [4.78, 5) is 0. The fourth-order valence-corrected chi connectivity index (χ4v) is 3.85. The predicted molar refractivity (Wildman–Crippen MR) is 70.4 cm³/mol. The maximum Gasteiger partial charge on any atom is 0.235 e. The monoisotopic (exact) mass is 254 g/mol. The second-order valence-electron chi connectivity index (χ2n) is 4.57. The molecule has 1 aromatic rings. The van der Waals surface area contributed by atoms with E-state index >= 15 is 0 Å². The van der Waals surface area contributed by atoms with Gasteiger partial charge in [0.2, 0.25) is 10.0 Å². The number of nitrogens with one attached hydrogen (secondary N) is 1. The fourth-order valence-electron chi connectivity index (χ4n) is 2.20. The second kappa shape index (κ2) is 4.56. The van der Waals surface area contributed by atoms with Crippen LogP contribution < -0.4 is 10.5 Å². The van der Waals surface area contributed by atoms with Gasteiger partial charge in [0.25, 0.3) is 0 Å². The Balaban J connectivity index is 2.23. The molecule has 0 bridgehead atoms. The van der Waals surface area contributed by atoms with E-state index in [0.29, 0.717) is 11.4 Å². The molecule has 1 saturated carbocycles. The van der Waals surface area contributed by atoms with Gasteiger partial charge >= 0.3 is 0 Å². The maximum atomic E-state index is 12.1.